The van der Waals surface area contributed by atoms with Crippen LogP contribution < -0.4 is 5.73 Å². The molecular formula is C16H26N4O. The lowest BCUT2D eigenvalue weighted by Gasteiger charge is -2.35. The van der Waals surface area contributed by atoms with Crippen molar-refractivity contribution in [2.75, 3.05) is 59.1 Å². The largest absolute Gasteiger partial charge is 0.399 e. The molecule has 0 bridgehead atoms. The van der Waals surface area contributed by atoms with Crippen molar-refractivity contribution in [1.82, 2.24) is 14.7 Å². The number of benzene rings is 1. The van der Waals surface area contributed by atoms with Crippen molar-refractivity contribution in [3.8, 4) is 0 Å². The summed E-state index contributed by atoms with van der Waals surface area (Å²) in [6, 6.07) is 5.57. The van der Waals surface area contributed by atoms with Gasteiger partial charge in [-0.2, -0.15) is 0 Å². The number of piperazine rings is 1. The van der Waals surface area contributed by atoms with Crippen molar-refractivity contribution in [2.24, 2.45) is 0 Å². The molecule has 1 fully saturated rings. The van der Waals surface area contributed by atoms with Crippen molar-refractivity contribution < 1.29 is 4.79 Å². The van der Waals surface area contributed by atoms with Crippen LogP contribution in [0, 0.1) is 6.92 Å². The van der Waals surface area contributed by atoms with E-state index < -0.39 is 0 Å². The fourth-order valence-corrected chi connectivity index (χ4v) is 2.63. The molecule has 1 aliphatic rings. The number of hydrogen-bond acceptors (Lipinski definition) is 4. The number of anilines is 1. The van der Waals surface area contributed by atoms with Gasteiger partial charge in [0.15, 0.2) is 0 Å². The van der Waals surface area contributed by atoms with Crippen LogP contribution in [0.5, 0.6) is 0 Å². The van der Waals surface area contributed by atoms with Gasteiger partial charge >= 0.3 is 0 Å². The minimum absolute atomic E-state index is 0.0951. The van der Waals surface area contributed by atoms with Crippen molar-refractivity contribution in [1.29, 1.82) is 0 Å². The van der Waals surface area contributed by atoms with E-state index in [4.69, 9.17) is 5.73 Å². The van der Waals surface area contributed by atoms with Gasteiger partial charge in [-0.1, -0.05) is 0 Å². The first-order valence-corrected chi connectivity index (χ1v) is 7.49. The fourth-order valence-electron chi connectivity index (χ4n) is 2.63. The highest BCUT2D eigenvalue weighted by Crippen LogP contribution is 2.14. The predicted molar refractivity (Wildman–Crippen MR) is 86.5 cm³/mol. The fraction of sp³-hybridized carbons (Fsp3) is 0.562. The first-order chi connectivity index (χ1) is 9.95. The maximum Gasteiger partial charge on any atom is 0.254 e. The summed E-state index contributed by atoms with van der Waals surface area (Å²) in [5.74, 6) is 0.0951. The molecule has 1 amide bonds. The average Bonchev–Trinajstić information content (AvgIpc) is 2.44. The second kappa shape index (κ2) is 6.91. The lowest BCUT2D eigenvalue weighted by Crippen LogP contribution is -2.50. The topological polar surface area (TPSA) is 52.8 Å². The number of nitrogen functional groups attached to an aromatic ring is 1. The van der Waals surface area contributed by atoms with Crippen LogP contribution in [0.3, 0.4) is 0 Å². The molecule has 1 aromatic rings. The lowest BCUT2D eigenvalue weighted by molar-refractivity contribution is 0.0629. The number of nitrogens with two attached hydrogens (primary N) is 1. The van der Waals surface area contributed by atoms with Gasteiger partial charge in [-0.05, 0) is 44.8 Å². The summed E-state index contributed by atoms with van der Waals surface area (Å²) >= 11 is 0. The Bertz CT molecular complexity index is 473. The third-order valence-corrected chi connectivity index (χ3v) is 3.87. The Balaban J connectivity index is 1.91. The van der Waals surface area contributed by atoms with Crippen LogP contribution >= 0.6 is 0 Å². The van der Waals surface area contributed by atoms with Crippen LogP contribution in [-0.4, -0.2) is 74.0 Å². The van der Waals surface area contributed by atoms with Gasteiger partial charge in [0.1, 0.15) is 0 Å². The van der Waals surface area contributed by atoms with Crippen LogP contribution in [0.1, 0.15) is 15.9 Å². The molecule has 5 nitrogen and oxygen atoms in total. The van der Waals surface area contributed by atoms with Gasteiger partial charge in [0.05, 0.1) is 0 Å². The van der Waals surface area contributed by atoms with Gasteiger partial charge in [0, 0.05) is 50.5 Å². The number of amides is 1. The van der Waals surface area contributed by atoms with Gasteiger partial charge in [-0.3, -0.25) is 9.69 Å². The summed E-state index contributed by atoms with van der Waals surface area (Å²) in [6.45, 7) is 7.56. The molecule has 0 radical (unpaired) electrons. The second-order valence-corrected chi connectivity index (χ2v) is 6.07. The Hall–Kier alpha value is -1.59. The van der Waals surface area contributed by atoms with Gasteiger partial charge in [0.2, 0.25) is 0 Å². The molecule has 21 heavy (non-hydrogen) atoms. The van der Waals surface area contributed by atoms with Crippen LogP contribution in [-0.2, 0) is 0 Å². The summed E-state index contributed by atoms with van der Waals surface area (Å²) < 4.78 is 0. The molecule has 1 heterocycles. The van der Waals surface area contributed by atoms with Gasteiger partial charge in [0.25, 0.3) is 5.91 Å². The molecule has 0 unspecified atom stereocenters. The Morgan fingerprint density at radius 3 is 2.43 bits per heavy atom. The predicted octanol–water partition coefficient (Wildman–Crippen LogP) is 0.897. The van der Waals surface area contributed by atoms with Crippen molar-refractivity contribution in [3.63, 3.8) is 0 Å². The van der Waals surface area contributed by atoms with Crippen molar-refractivity contribution in [2.45, 2.75) is 6.92 Å². The molecule has 2 N–H and O–H groups in total. The summed E-state index contributed by atoms with van der Waals surface area (Å²) in [5, 5.41) is 0. The molecular weight excluding hydrogens is 264 g/mol. The van der Waals surface area contributed by atoms with Gasteiger partial charge < -0.3 is 15.5 Å². The molecule has 0 aliphatic carbocycles. The molecule has 0 spiro atoms. The Morgan fingerprint density at radius 2 is 1.86 bits per heavy atom. The van der Waals surface area contributed by atoms with Gasteiger partial charge in [-0.25, -0.2) is 0 Å². The second-order valence-electron chi connectivity index (χ2n) is 6.07. The normalized spacial score (nSPS) is 16.5. The monoisotopic (exact) mass is 290 g/mol. The standard InChI is InChI=1S/C16H26N4O/c1-13-10-14(12-15(17)11-13)16(21)20-8-6-19(7-9-20)5-4-18(2)3/h10-12H,4-9,17H2,1-3H3. The first kappa shape index (κ1) is 15.8. The lowest BCUT2D eigenvalue weighted by atomic mass is 10.1. The van der Waals surface area contributed by atoms with E-state index >= 15 is 0 Å². The Morgan fingerprint density at radius 1 is 1.19 bits per heavy atom. The van der Waals surface area contributed by atoms with Gasteiger partial charge in [-0.15, -0.1) is 0 Å². The molecule has 1 saturated heterocycles. The quantitative estimate of drug-likeness (QED) is 0.837. The molecule has 0 aromatic heterocycles. The summed E-state index contributed by atoms with van der Waals surface area (Å²) in [4.78, 5) is 19.1. The number of rotatable bonds is 4. The minimum Gasteiger partial charge on any atom is -0.399 e. The number of nitrogens with zero attached hydrogens (tertiary/aromatic N) is 3. The van der Waals surface area contributed by atoms with E-state index in [2.05, 4.69) is 23.9 Å². The maximum atomic E-state index is 12.5. The smallest absolute Gasteiger partial charge is 0.254 e. The number of carbonyl (C=O) groups excluding carboxylic acids is 1. The van der Waals surface area contributed by atoms with E-state index in [0.29, 0.717) is 11.3 Å². The van der Waals surface area contributed by atoms with Crippen LogP contribution in [0.2, 0.25) is 0 Å². The Kier molecular flexibility index (Phi) is 5.20. The molecule has 0 saturated carbocycles. The molecule has 5 heteroatoms. The van der Waals surface area contributed by atoms with E-state index in [9.17, 15) is 4.79 Å². The minimum atomic E-state index is 0.0951. The number of carbonyl (C=O) groups is 1. The summed E-state index contributed by atoms with van der Waals surface area (Å²) in [5.41, 5.74) is 8.22. The highest BCUT2D eigenvalue weighted by atomic mass is 16.2. The van der Waals surface area contributed by atoms with Crippen molar-refractivity contribution >= 4 is 11.6 Å². The van der Waals surface area contributed by atoms with Crippen molar-refractivity contribution in [3.05, 3.63) is 29.3 Å². The number of aryl methyl sites for hydroxylation is 1. The zero-order valence-corrected chi connectivity index (χ0v) is 13.3. The van der Waals surface area contributed by atoms with E-state index in [1.165, 1.54) is 0 Å². The number of likely N-dealkylation sites (N-methyl/N-ethyl adjacent to an activating group) is 1. The molecule has 1 aliphatic heterocycles. The maximum absolute atomic E-state index is 12.5. The molecule has 116 valence electrons. The van der Waals surface area contributed by atoms with E-state index in [-0.39, 0.29) is 5.91 Å². The van der Waals surface area contributed by atoms with E-state index in [0.717, 1.165) is 44.8 Å². The van der Waals surface area contributed by atoms with Crippen LogP contribution in [0.4, 0.5) is 5.69 Å². The Labute approximate surface area is 127 Å². The average molecular weight is 290 g/mol. The zero-order valence-electron chi connectivity index (χ0n) is 13.3. The summed E-state index contributed by atoms with van der Waals surface area (Å²) in [6.07, 6.45) is 0. The number of hydrogen-bond donors (Lipinski definition) is 1. The zero-order chi connectivity index (χ0) is 15.4. The first-order valence-electron chi connectivity index (χ1n) is 7.49. The third-order valence-electron chi connectivity index (χ3n) is 3.87. The van der Waals surface area contributed by atoms with E-state index in [1.807, 2.05) is 24.0 Å². The molecule has 1 aromatic carbocycles. The van der Waals surface area contributed by atoms with Crippen LogP contribution in [0.15, 0.2) is 18.2 Å². The van der Waals surface area contributed by atoms with E-state index in [1.54, 1.807) is 6.07 Å². The SMILES string of the molecule is Cc1cc(N)cc(C(=O)N2CCN(CCN(C)C)CC2)c1. The highest BCUT2D eigenvalue weighted by molar-refractivity contribution is 5.95. The third kappa shape index (κ3) is 4.44. The summed E-state index contributed by atoms with van der Waals surface area (Å²) in [7, 11) is 4.17. The molecule has 0 atom stereocenters. The molecule has 2 rings (SSSR count). The highest BCUT2D eigenvalue weighted by Gasteiger charge is 2.22. The van der Waals surface area contributed by atoms with Crippen LogP contribution in [0.25, 0.3) is 0 Å².